The molecule has 2 unspecified atom stereocenters. The molecule has 1 saturated heterocycles. The molecule has 3 rings (SSSR count). The van der Waals surface area contributed by atoms with Crippen molar-refractivity contribution in [3.8, 4) is 0 Å². The summed E-state index contributed by atoms with van der Waals surface area (Å²) in [5.41, 5.74) is 1.27. The van der Waals surface area contributed by atoms with Crippen LogP contribution in [0.25, 0.3) is 0 Å². The van der Waals surface area contributed by atoms with Gasteiger partial charge in [0.15, 0.2) is 0 Å². The van der Waals surface area contributed by atoms with Crippen LogP contribution in [0.3, 0.4) is 0 Å². The van der Waals surface area contributed by atoms with Crippen molar-refractivity contribution in [1.82, 2.24) is 10.3 Å². The zero-order chi connectivity index (χ0) is 15.2. The zero-order valence-electron chi connectivity index (χ0n) is 13.8. The number of pyridine rings is 1. The van der Waals surface area contributed by atoms with E-state index < -0.39 is 0 Å². The number of rotatable bonds is 5. The van der Waals surface area contributed by atoms with Crippen LogP contribution in [0.15, 0.2) is 18.3 Å². The lowest BCUT2D eigenvalue weighted by molar-refractivity contribution is 0.0626. The predicted octanol–water partition coefficient (Wildman–Crippen LogP) is 3.12. The Bertz CT molecular complexity index is 442. The molecule has 0 amide bonds. The van der Waals surface area contributed by atoms with E-state index in [-0.39, 0.29) is 0 Å². The first-order valence-electron chi connectivity index (χ1n) is 8.83. The van der Waals surface area contributed by atoms with Gasteiger partial charge in [-0.2, -0.15) is 0 Å². The third kappa shape index (κ3) is 3.99. The van der Waals surface area contributed by atoms with Crippen molar-refractivity contribution in [1.29, 1.82) is 0 Å². The Balaban J connectivity index is 1.53. The Morgan fingerprint density at radius 1 is 1.14 bits per heavy atom. The normalized spacial score (nSPS) is 26.1. The van der Waals surface area contributed by atoms with E-state index in [1.165, 1.54) is 50.5 Å². The van der Waals surface area contributed by atoms with Gasteiger partial charge in [-0.15, -0.1) is 0 Å². The van der Waals surface area contributed by atoms with Crippen molar-refractivity contribution in [3.63, 3.8) is 0 Å². The third-order valence-corrected chi connectivity index (χ3v) is 5.06. The molecular formula is C18H29N3O. The van der Waals surface area contributed by atoms with E-state index in [1.54, 1.807) is 0 Å². The smallest absolute Gasteiger partial charge is 0.128 e. The van der Waals surface area contributed by atoms with Crippen molar-refractivity contribution in [3.05, 3.63) is 23.9 Å². The van der Waals surface area contributed by atoms with Crippen LogP contribution in [0.5, 0.6) is 0 Å². The van der Waals surface area contributed by atoms with E-state index in [0.29, 0.717) is 12.1 Å². The van der Waals surface area contributed by atoms with Gasteiger partial charge < -0.3 is 15.0 Å². The molecular weight excluding hydrogens is 274 g/mol. The van der Waals surface area contributed by atoms with Crippen LogP contribution in [0.1, 0.15) is 50.5 Å². The number of methoxy groups -OCH3 is 1. The minimum atomic E-state index is 0.360. The summed E-state index contributed by atoms with van der Waals surface area (Å²) in [4.78, 5) is 7.02. The monoisotopic (exact) mass is 303 g/mol. The van der Waals surface area contributed by atoms with Gasteiger partial charge in [0.2, 0.25) is 0 Å². The van der Waals surface area contributed by atoms with E-state index in [2.05, 4.69) is 27.3 Å². The maximum absolute atomic E-state index is 5.67. The average Bonchev–Trinajstić information content (AvgIpc) is 3.00. The van der Waals surface area contributed by atoms with E-state index in [4.69, 9.17) is 4.74 Å². The first-order valence-corrected chi connectivity index (χ1v) is 8.83. The van der Waals surface area contributed by atoms with Crippen LogP contribution in [0.2, 0.25) is 0 Å². The molecule has 22 heavy (non-hydrogen) atoms. The van der Waals surface area contributed by atoms with Crippen molar-refractivity contribution < 1.29 is 4.74 Å². The number of nitrogens with one attached hydrogen (secondary N) is 1. The van der Waals surface area contributed by atoms with Crippen molar-refractivity contribution in [2.45, 2.75) is 63.6 Å². The Kier molecular flexibility index (Phi) is 5.68. The van der Waals surface area contributed by atoms with Crippen molar-refractivity contribution in [2.24, 2.45) is 0 Å². The van der Waals surface area contributed by atoms with E-state index in [1.807, 2.05) is 13.3 Å². The molecule has 0 radical (unpaired) electrons. The molecule has 2 aliphatic rings. The number of hydrogen-bond acceptors (Lipinski definition) is 4. The number of hydrogen-bond donors (Lipinski definition) is 1. The van der Waals surface area contributed by atoms with Gasteiger partial charge in [0.05, 0.1) is 6.10 Å². The van der Waals surface area contributed by atoms with Crippen LogP contribution < -0.4 is 10.2 Å². The van der Waals surface area contributed by atoms with Gasteiger partial charge in [0, 0.05) is 39.0 Å². The fourth-order valence-corrected chi connectivity index (χ4v) is 3.69. The second-order valence-corrected chi connectivity index (χ2v) is 6.62. The molecule has 2 fully saturated rings. The lowest BCUT2D eigenvalue weighted by Gasteiger charge is -2.25. The Labute approximate surface area is 134 Å². The summed E-state index contributed by atoms with van der Waals surface area (Å²) in [5.74, 6) is 1.13. The summed E-state index contributed by atoms with van der Waals surface area (Å²) < 4.78 is 5.67. The summed E-state index contributed by atoms with van der Waals surface area (Å²) >= 11 is 0. The fraction of sp³-hybridized carbons (Fsp3) is 0.722. The first-order chi connectivity index (χ1) is 10.9. The molecule has 4 nitrogen and oxygen atoms in total. The molecule has 1 aliphatic heterocycles. The Hall–Kier alpha value is -1.13. The Morgan fingerprint density at radius 3 is 2.68 bits per heavy atom. The minimum absolute atomic E-state index is 0.360. The maximum atomic E-state index is 5.67. The number of nitrogens with zero attached hydrogens (tertiary/aromatic N) is 2. The third-order valence-electron chi connectivity index (χ3n) is 5.06. The zero-order valence-corrected chi connectivity index (χ0v) is 13.8. The fourth-order valence-electron chi connectivity index (χ4n) is 3.69. The van der Waals surface area contributed by atoms with Crippen molar-refractivity contribution >= 4 is 5.82 Å². The number of anilines is 1. The van der Waals surface area contributed by atoms with Gasteiger partial charge in [0.25, 0.3) is 0 Å². The van der Waals surface area contributed by atoms with E-state index in [0.717, 1.165) is 25.5 Å². The summed E-state index contributed by atoms with van der Waals surface area (Å²) in [7, 11) is 1.84. The highest BCUT2D eigenvalue weighted by Gasteiger charge is 2.22. The molecule has 4 heteroatoms. The van der Waals surface area contributed by atoms with Gasteiger partial charge in [-0.05, 0) is 37.3 Å². The quantitative estimate of drug-likeness (QED) is 0.848. The second-order valence-electron chi connectivity index (χ2n) is 6.62. The molecule has 2 heterocycles. The van der Waals surface area contributed by atoms with E-state index >= 15 is 0 Å². The van der Waals surface area contributed by atoms with Gasteiger partial charge in [-0.1, -0.05) is 25.3 Å². The molecule has 1 aliphatic carbocycles. The Morgan fingerprint density at radius 2 is 1.95 bits per heavy atom. The molecule has 122 valence electrons. The molecule has 0 aromatic carbocycles. The first kappa shape index (κ1) is 15.8. The summed E-state index contributed by atoms with van der Waals surface area (Å²) in [6, 6.07) is 4.86. The summed E-state index contributed by atoms with van der Waals surface area (Å²) in [6.45, 7) is 3.20. The summed E-state index contributed by atoms with van der Waals surface area (Å²) in [6.07, 6.45) is 11.3. The van der Waals surface area contributed by atoms with Crippen LogP contribution in [-0.4, -0.2) is 37.3 Å². The van der Waals surface area contributed by atoms with Gasteiger partial charge >= 0.3 is 0 Å². The molecule has 0 spiro atoms. The molecule has 1 N–H and O–H groups in total. The SMILES string of the molecule is COC1CCCCCC1NCc1ccc(N2CCCC2)nc1. The predicted molar refractivity (Wildman–Crippen MR) is 90.2 cm³/mol. The highest BCUT2D eigenvalue weighted by molar-refractivity contribution is 5.40. The molecule has 1 aromatic heterocycles. The highest BCUT2D eigenvalue weighted by Crippen LogP contribution is 2.21. The summed E-state index contributed by atoms with van der Waals surface area (Å²) in [5, 5.41) is 3.69. The van der Waals surface area contributed by atoms with Crippen LogP contribution in [0, 0.1) is 0 Å². The molecule has 0 bridgehead atoms. The van der Waals surface area contributed by atoms with Crippen LogP contribution >= 0.6 is 0 Å². The molecule has 1 aromatic rings. The largest absolute Gasteiger partial charge is 0.380 e. The highest BCUT2D eigenvalue weighted by atomic mass is 16.5. The van der Waals surface area contributed by atoms with Crippen molar-refractivity contribution in [2.75, 3.05) is 25.1 Å². The number of aromatic nitrogens is 1. The van der Waals surface area contributed by atoms with Crippen LogP contribution in [0.4, 0.5) is 5.82 Å². The average molecular weight is 303 g/mol. The van der Waals surface area contributed by atoms with Gasteiger partial charge in [0.1, 0.15) is 5.82 Å². The number of ether oxygens (including phenoxy) is 1. The lowest BCUT2D eigenvalue weighted by Crippen LogP contribution is -2.39. The van der Waals surface area contributed by atoms with Gasteiger partial charge in [-0.25, -0.2) is 4.98 Å². The topological polar surface area (TPSA) is 37.4 Å². The minimum Gasteiger partial charge on any atom is -0.380 e. The standard InChI is InChI=1S/C18H29N3O/c1-22-17-8-4-2-3-7-16(17)19-13-15-9-10-18(20-14-15)21-11-5-6-12-21/h9-10,14,16-17,19H,2-8,11-13H2,1H3. The van der Waals surface area contributed by atoms with Crippen LogP contribution in [-0.2, 0) is 11.3 Å². The van der Waals surface area contributed by atoms with Gasteiger partial charge in [-0.3, -0.25) is 0 Å². The second kappa shape index (κ2) is 7.93. The molecule has 1 saturated carbocycles. The lowest BCUT2D eigenvalue weighted by atomic mass is 10.1. The molecule has 2 atom stereocenters. The van der Waals surface area contributed by atoms with E-state index in [9.17, 15) is 0 Å². The maximum Gasteiger partial charge on any atom is 0.128 e.